The van der Waals surface area contributed by atoms with E-state index in [9.17, 15) is 0 Å². The molecule has 0 aliphatic carbocycles. The summed E-state index contributed by atoms with van der Waals surface area (Å²) >= 11 is 1.78. The van der Waals surface area contributed by atoms with Crippen molar-refractivity contribution in [3.05, 3.63) is 210 Å². The molecule has 0 atom stereocenters. The van der Waals surface area contributed by atoms with E-state index in [1.807, 2.05) is 7.05 Å². The number of rotatable bonds is 9. The zero-order valence-electron chi connectivity index (χ0n) is 34.8. The fourth-order valence-electron chi connectivity index (χ4n) is 9.49. The number of thioether (sulfide) groups is 1. The maximum absolute atomic E-state index is 4.70. The van der Waals surface area contributed by atoms with Gasteiger partial charge in [-0.2, -0.15) is 0 Å². The van der Waals surface area contributed by atoms with E-state index in [1.54, 1.807) is 11.8 Å². The van der Waals surface area contributed by atoms with Crippen LogP contribution in [-0.4, -0.2) is 14.1 Å². The van der Waals surface area contributed by atoms with Crippen LogP contribution in [0.15, 0.2) is 204 Å². The lowest BCUT2D eigenvalue weighted by Gasteiger charge is -2.31. The molecule has 0 unspecified atom stereocenters. The van der Waals surface area contributed by atoms with Gasteiger partial charge in [0.25, 0.3) is 0 Å². The van der Waals surface area contributed by atoms with Crippen LogP contribution in [0.4, 0.5) is 11.4 Å². The molecular formula is C56H50N2S. The van der Waals surface area contributed by atoms with Gasteiger partial charge in [-0.15, -0.1) is 0 Å². The lowest BCUT2D eigenvalue weighted by molar-refractivity contribution is 0.645. The Labute approximate surface area is 353 Å². The van der Waals surface area contributed by atoms with Crippen LogP contribution in [0.25, 0.3) is 53.9 Å². The van der Waals surface area contributed by atoms with Crippen molar-refractivity contribution in [2.75, 3.05) is 24.3 Å². The first-order valence-corrected chi connectivity index (χ1v) is 21.3. The third-order valence-corrected chi connectivity index (χ3v) is 13.5. The summed E-state index contributed by atoms with van der Waals surface area (Å²) in [5, 5.41) is 16.3. The molecule has 1 heterocycles. The predicted molar refractivity (Wildman–Crippen MR) is 260 cm³/mol. The molecule has 1 aliphatic rings. The van der Waals surface area contributed by atoms with Crippen LogP contribution < -0.4 is 10.2 Å². The highest BCUT2D eigenvalue weighted by Gasteiger charge is 2.41. The van der Waals surface area contributed by atoms with Gasteiger partial charge in [-0.1, -0.05) is 192 Å². The second-order valence-corrected chi connectivity index (χ2v) is 17.8. The largest absolute Gasteiger partial charge is 0.387 e. The third kappa shape index (κ3) is 6.55. The Bertz CT molecular complexity index is 3100. The van der Waals surface area contributed by atoms with Crippen LogP contribution in [0, 0.1) is 0 Å². The van der Waals surface area contributed by atoms with Gasteiger partial charge in [0.05, 0.1) is 5.69 Å². The predicted octanol–water partition coefficient (Wildman–Crippen LogP) is 15.4. The summed E-state index contributed by atoms with van der Waals surface area (Å²) in [6.07, 6.45) is 13.4. The lowest BCUT2D eigenvalue weighted by atomic mass is 9.74. The second kappa shape index (κ2) is 15.1. The minimum atomic E-state index is -0.361. The van der Waals surface area contributed by atoms with Crippen LogP contribution in [-0.2, 0) is 10.8 Å². The average molecular weight is 783 g/mol. The van der Waals surface area contributed by atoms with Gasteiger partial charge in [0.15, 0.2) is 0 Å². The zero-order chi connectivity index (χ0) is 40.9. The van der Waals surface area contributed by atoms with E-state index in [-0.39, 0.29) is 10.8 Å². The number of fused-ring (bicyclic) bond motifs is 10. The lowest BCUT2D eigenvalue weighted by Crippen LogP contribution is -2.22. The Morgan fingerprint density at radius 3 is 1.86 bits per heavy atom. The van der Waals surface area contributed by atoms with Gasteiger partial charge in [-0.05, 0) is 90.2 Å². The van der Waals surface area contributed by atoms with Crippen molar-refractivity contribution in [2.45, 2.75) is 43.4 Å². The van der Waals surface area contributed by atoms with E-state index in [2.05, 4.69) is 221 Å². The molecule has 0 spiro atoms. The number of hydrogen-bond acceptors (Lipinski definition) is 3. The van der Waals surface area contributed by atoms with Crippen molar-refractivity contribution >= 4 is 77.0 Å². The van der Waals surface area contributed by atoms with Crippen molar-refractivity contribution in [3.8, 4) is 0 Å². The summed E-state index contributed by atoms with van der Waals surface area (Å²) in [6.45, 7) is 14.0. The van der Waals surface area contributed by atoms with Crippen LogP contribution in [0.1, 0.15) is 38.8 Å². The van der Waals surface area contributed by atoms with Gasteiger partial charge in [0.2, 0.25) is 0 Å². The minimum absolute atomic E-state index is 0.199. The van der Waals surface area contributed by atoms with E-state index in [1.165, 1.54) is 81.3 Å². The molecule has 8 aromatic carbocycles. The molecule has 0 aromatic heterocycles. The van der Waals surface area contributed by atoms with E-state index in [0.717, 1.165) is 16.2 Å². The Morgan fingerprint density at radius 1 is 0.644 bits per heavy atom. The second-order valence-electron chi connectivity index (χ2n) is 16.7. The van der Waals surface area contributed by atoms with Gasteiger partial charge in [0.1, 0.15) is 0 Å². The summed E-state index contributed by atoms with van der Waals surface area (Å²) in [7, 11) is 4.26. The summed E-state index contributed by atoms with van der Waals surface area (Å²) in [6, 6.07) is 50.5. The van der Waals surface area contributed by atoms with E-state index in [0.29, 0.717) is 0 Å². The molecule has 2 nitrogen and oxygen atoms in total. The molecule has 0 amide bonds. The Hall–Kier alpha value is -6.29. The van der Waals surface area contributed by atoms with Gasteiger partial charge in [-0.3, -0.25) is 0 Å². The fourth-order valence-corrected chi connectivity index (χ4v) is 10.4. The molecule has 3 heteroatoms. The number of allylic oxidation sites excluding steroid dienone is 8. The molecule has 1 N–H and O–H groups in total. The molecule has 0 bridgehead atoms. The third-order valence-electron chi connectivity index (χ3n) is 12.5. The van der Waals surface area contributed by atoms with Crippen molar-refractivity contribution in [1.82, 2.24) is 0 Å². The quantitative estimate of drug-likeness (QED) is 0.0892. The Balaban J connectivity index is 1.09. The van der Waals surface area contributed by atoms with Crippen molar-refractivity contribution in [2.24, 2.45) is 0 Å². The monoisotopic (exact) mass is 782 g/mol. The molecule has 59 heavy (non-hydrogen) atoms. The molecule has 1 aliphatic heterocycles. The number of hydrogen-bond donors (Lipinski definition) is 1. The molecule has 290 valence electrons. The highest BCUT2D eigenvalue weighted by molar-refractivity contribution is 8.03. The van der Waals surface area contributed by atoms with Gasteiger partial charge >= 0.3 is 0 Å². The molecule has 0 saturated carbocycles. The summed E-state index contributed by atoms with van der Waals surface area (Å²) in [5.74, 6) is 0. The average Bonchev–Trinajstić information content (AvgIpc) is 3.46. The van der Waals surface area contributed by atoms with Crippen molar-refractivity contribution in [1.29, 1.82) is 0 Å². The molecule has 8 aromatic rings. The van der Waals surface area contributed by atoms with Gasteiger partial charge in [-0.25, -0.2) is 0 Å². The van der Waals surface area contributed by atoms with Crippen molar-refractivity contribution < 1.29 is 0 Å². The van der Waals surface area contributed by atoms with Crippen molar-refractivity contribution in [3.63, 3.8) is 0 Å². The van der Waals surface area contributed by atoms with Gasteiger partial charge in [0, 0.05) is 56.9 Å². The maximum atomic E-state index is 4.70. The Kier molecular flexibility index (Phi) is 9.81. The van der Waals surface area contributed by atoms with E-state index >= 15 is 0 Å². The fraction of sp³-hybridized carbons (Fsp3) is 0.143. The molecule has 0 saturated heterocycles. The van der Waals surface area contributed by atoms with Gasteiger partial charge < -0.3 is 10.2 Å². The highest BCUT2D eigenvalue weighted by Crippen LogP contribution is 2.53. The van der Waals surface area contributed by atoms with E-state index < -0.39 is 0 Å². The summed E-state index contributed by atoms with van der Waals surface area (Å²) < 4.78 is 0. The summed E-state index contributed by atoms with van der Waals surface area (Å²) in [5.41, 5.74) is 6.86. The topological polar surface area (TPSA) is 15.3 Å². The molecule has 0 fully saturated rings. The van der Waals surface area contributed by atoms with Crippen LogP contribution >= 0.6 is 11.8 Å². The molecular weight excluding hydrogens is 733 g/mol. The zero-order valence-corrected chi connectivity index (χ0v) is 35.6. The normalized spacial score (nSPS) is 15.2. The smallest absolute Gasteiger partial charge is 0.0534 e. The first-order chi connectivity index (χ1) is 28.6. The maximum Gasteiger partial charge on any atom is 0.0534 e. The number of anilines is 2. The number of benzene rings is 8. The minimum Gasteiger partial charge on any atom is -0.387 e. The Morgan fingerprint density at radius 2 is 1.19 bits per heavy atom. The van der Waals surface area contributed by atoms with Crippen LogP contribution in [0.3, 0.4) is 0 Å². The SMILES string of the molecule is C=C(/C=C/C=C(/C=C/C=C1/N(C)c2c(c3ccccc3c3ccccc23)C1(C)C)Sc1ccc2ccccc2c1)C(C)(C)c1c(NC)c2ccccc2c2ccccc12. The number of nitrogens with one attached hydrogen (secondary N) is 1. The highest BCUT2D eigenvalue weighted by atomic mass is 32.2. The number of likely N-dealkylation sites (N-methyl/N-ethyl adjacent to an activating group) is 1. The van der Waals surface area contributed by atoms with Crippen LogP contribution in [0.5, 0.6) is 0 Å². The standard InChI is InChI=1S/C56H50N2S/c1-37(55(2,3)51-46-29-14-10-25-42(46)44-27-12-16-31-48(44)53(51)57-6)20-18-23-40(59-41-35-34-38-21-8-9-22-39(38)36-41)24-19-33-50-56(4,5)52-47-30-15-11-26-43(47)45-28-13-17-32-49(45)54(52)58(50)7/h8-36,57H,1H2,2-7H3/b20-18+,24-19+,40-23-,50-33+. The van der Waals surface area contributed by atoms with Crippen LogP contribution in [0.2, 0.25) is 0 Å². The molecule has 0 radical (unpaired) electrons. The first kappa shape index (κ1) is 38.2. The van der Waals surface area contributed by atoms with E-state index in [4.69, 9.17) is 6.58 Å². The molecule has 9 rings (SSSR count). The first-order valence-electron chi connectivity index (χ1n) is 20.5. The summed E-state index contributed by atoms with van der Waals surface area (Å²) in [4.78, 5) is 4.75. The number of nitrogens with zero attached hydrogens (tertiary/aromatic N) is 1.